The van der Waals surface area contributed by atoms with Crippen LogP contribution >= 0.6 is 0 Å². The SMILES string of the molecule is CCCC[C@](C)(CNC(C)=O)Nc1nc(N)nc2cc(NC3CC3)cnc12. The van der Waals surface area contributed by atoms with Crippen molar-refractivity contribution in [3.05, 3.63) is 12.3 Å². The monoisotopic (exact) mass is 371 g/mol. The number of anilines is 3. The van der Waals surface area contributed by atoms with Gasteiger partial charge in [0.15, 0.2) is 5.82 Å². The highest BCUT2D eigenvalue weighted by molar-refractivity contribution is 5.88. The van der Waals surface area contributed by atoms with Crippen molar-refractivity contribution < 1.29 is 4.79 Å². The molecule has 5 N–H and O–H groups in total. The minimum atomic E-state index is -0.359. The molecule has 0 aromatic carbocycles. The number of carbonyl (C=O) groups excluding carboxylic acids is 1. The van der Waals surface area contributed by atoms with Crippen LogP contribution in [0.5, 0.6) is 0 Å². The van der Waals surface area contributed by atoms with Gasteiger partial charge in [0.1, 0.15) is 5.52 Å². The summed E-state index contributed by atoms with van der Waals surface area (Å²) in [5.41, 5.74) is 7.91. The van der Waals surface area contributed by atoms with Gasteiger partial charge in [0.05, 0.1) is 22.9 Å². The standard InChI is InChI=1S/C19H29N7O/c1-4-5-8-19(3,11-22-12(2)27)26-17-16-15(24-18(20)25-17)9-14(10-21-16)23-13-6-7-13/h9-10,13,23H,4-8,11H2,1-3H3,(H,22,27)(H3,20,24,25,26)/t19-/m1/s1. The van der Waals surface area contributed by atoms with Gasteiger partial charge in [-0.25, -0.2) is 9.97 Å². The minimum absolute atomic E-state index is 0.0551. The summed E-state index contributed by atoms with van der Waals surface area (Å²) in [6, 6.07) is 2.50. The number of aromatic nitrogens is 3. The van der Waals surface area contributed by atoms with E-state index in [-0.39, 0.29) is 17.4 Å². The maximum atomic E-state index is 11.4. The fourth-order valence-electron chi connectivity index (χ4n) is 3.03. The third-order valence-electron chi connectivity index (χ3n) is 4.73. The van der Waals surface area contributed by atoms with Crippen LogP contribution in [0.4, 0.5) is 17.5 Å². The zero-order chi connectivity index (χ0) is 19.4. The second-order valence-corrected chi connectivity index (χ2v) is 7.64. The summed E-state index contributed by atoms with van der Waals surface area (Å²) in [5, 5.41) is 9.81. The van der Waals surface area contributed by atoms with Gasteiger partial charge in [-0.1, -0.05) is 19.8 Å². The lowest BCUT2D eigenvalue weighted by Gasteiger charge is -2.32. The van der Waals surface area contributed by atoms with Gasteiger partial charge in [-0.2, -0.15) is 4.98 Å². The van der Waals surface area contributed by atoms with E-state index in [0.717, 1.165) is 24.9 Å². The Labute approximate surface area is 159 Å². The molecule has 1 aliphatic rings. The second-order valence-electron chi connectivity index (χ2n) is 7.64. The predicted molar refractivity (Wildman–Crippen MR) is 109 cm³/mol. The quantitative estimate of drug-likeness (QED) is 0.535. The molecule has 1 atom stereocenters. The average Bonchev–Trinajstić information content (AvgIpc) is 3.42. The first-order chi connectivity index (χ1) is 12.9. The number of carbonyl (C=O) groups is 1. The molecule has 8 nitrogen and oxygen atoms in total. The molecule has 146 valence electrons. The first-order valence-electron chi connectivity index (χ1n) is 9.61. The second kappa shape index (κ2) is 7.94. The number of unbranched alkanes of at least 4 members (excludes halogenated alkanes) is 1. The van der Waals surface area contributed by atoms with E-state index in [1.807, 2.05) is 12.3 Å². The van der Waals surface area contributed by atoms with Crippen LogP contribution in [0.1, 0.15) is 52.9 Å². The lowest BCUT2D eigenvalue weighted by molar-refractivity contribution is -0.119. The van der Waals surface area contributed by atoms with Crippen molar-refractivity contribution in [2.24, 2.45) is 0 Å². The van der Waals surface area contributed by atoms with Crippen molar-refractivity contribution in [3.8, 4) is 0 Å². The normalized spacial score (nSPS) is 16.0. The summed E-state index contributed by atoms with van der Waals surface area (Å²) in [6.07, 6.45) is 7.17. The number of hydrogen-bond acceptors (Lipinski definition) is 7. The summed E-state index contributed by atoms with van der Waals surface area (Å²) in [7, 11) is 0. The van der Waals surface area contributed by atoms with E-state index < -0.39 is 0 Å². The average molecular weight is 371 g/mol. The molecule has 3 rings (SSSR count). The molecule has 1 amide bonds. The molecule has 8 heteroatoms. The van der Waals surface area contributed by atoms with Crippen molar-refractivity contribution in [2.75, 3.05) is 22.9 Å². The maximum Gasteiger partial charge on any atom is 0.222 e. The van der Waals surface area contributed by atoms with Crippen LogP contribution in [0, 0.1) is 0 Å². The summed E-state index contributed by atoms with van der Waals surface area (Å²) >= 11 is 0. The number of rotatable bonds is 9. The summed E-state index contributed by atoms with van der Waals surface area (Å²) in [4.78, 5) is 24.7. The van der Waals surface area contributed by atoms with Crippen LogP contribution in [-0.4, -0.2) is 39.0 Å². The Bertz CT molecular complexity index is 821. The summed E-state index contributed by atoms with van der Waals surface area (Å²) in [5.74, 6) is 0.743. The van der Waals surface area contributed by atoms with E-state index in [2.05, 4.69) is 44.7 Å². The molecule has 0 unspecified atom stereocenters. The van der Waals surface area contributed by atoms with Crippen molar-refractivity contribution in [2.45, 2.75) is 64.5 Å². The van der Waals surface area contributed by atoms with Crippen molar-refractivity contribution >= 4 is 34.4 Å². The number of hydrogen-bond donors (Lipinski definition) is 4. The van der Waals surface area contributed by atoms with Gasteiger partial charge in [-0.15, -0.1) is 0 Å². The molecule has 0 spiro atoms. The van der Waals surface area contributed by atoms with Crippen LogP contribution in [-0.2, 0) is 4.79 Å². The largest absolute Gasteiger partial charge is 0.381 e. The molecule has 1 aliphatic carbocycles. The molecular formula is C19H29N7O. The third kappa shape index (κ3) is 5.18. The molecule has 0 radical (unpaired) electrons. The Morgan fingerprint density at radius 3 is 2.81 bits per heavy atom. The zero-order valence-corrected chi connectivity index (χ0v) is 16.3. The van der Waals surface area contributed by atoms with Gasteiger partial charge in [0.25, 0.3) is 0 Å². The number of nitrogens with two attached hydrogens (primary N) is 1. The van der Waals surface area contributed by atoms with Gasteiger partial charge in [0, 0.05) is 19.5 Å². The van der Waals surface area contributed by atoms with E-state index >= 15 is 0 Å². The molecule has 0 aliphatic heterocycles. The van der Waals surface area contributed by atoms with E-state index in [9.17, 15) is 4.79 Å². The number of nitrogens with zero attached hydrogens (tertiary/aromatic N) is 3. The van der Waals surface area contributed by atoms with E-state index in [1.54, 1.807) is 0 Å². The molecule has 2 heterocycles. The van der Waals surface area contributed by atoms with Gasteiger partial charge in [-0.3, -0.25) is 4.79 Å². The molecule has 1 saturated carbocycles. The summed E-state index contributed by atoms with van der Waals surface area (Å²) in [6.45, 7) is 6.24. The van der Waals surface area contributed by atoms with Gasteiger partial charge in [-0.05, 0) is 32.3 Å². The lowest BCUT2D eigenvalue weighted by atomic mass is 9.94. The molecule has 1 fully saturated rings. The van der Waals surface area contributed by atoms with Crippen molar-refractivity contribution in [1.82, 2.24) is 20.3 Å². The number of nitrogens with one attached hydrogen (secondary N) is 3. The van der Waals surface area contributed by atoms with E-state index in [4.69, 9.17) is 5.73 Å². The van der Waals surface area contributed by atoms with Crippen molar-refractivity contribution in [1.29, 1.82) is 0 Å². The van der Waals surface area contributed by atoms with Crippen molar-refractivity contribution in [3.63, 3.8) is 0 Å². The fourth-order valence-corrected chi connectivity index (χ4v) is 3.03. The minimum Gasteiger partial charge on any atom is -0.381 e. The summed E-state index contributed by atoms with van der Waals surface area (Å²) < 4.78 is 0. The number of nitrogen functional groups attached to an aromatic ring is 1. The van der Waals surface area contributed by atoms with Crippen LogP contribution in [0.15, 0.2) is 12.3 Å². The van der Waals surface area contributed by atoms with E-state index in [0.29, 0.717) is 29.4 Å². The van der Waals surface area contributed by atoms with Gasteiger partial charge in [0.2, 0.25) is 11.9 Å². The molecular weight excluding hydrogens is 342 g/mol. The zero-order valence-electron chi connectivity index (χ0n) is 16.3. The Balaban J connectivity index is 1.89. The molecule has 2 aromatic heterocycles. The van der Waals surface area contributed by atoms with Crippen LogP contribution < -0.4 is 21.7 Å². The molecule has 0 bridgehead atoms. The van der Waals surface area contributed by atoms with Gasteiger partial charge < -0.3 is 21.7 Å². The Morgan fingerprint density at radius 1 is 1.37 bits per heavy atom. The molecule has 27 heavy (non-hydrogen) atoms. The molecule has 2 aromatic rings. The maximum absolute atomic E-state index is 11.4. The Kier molecular flexibility index (Phi) is 5.62. The van der Waals surface area contributed by atoms with Gasteiger partial charge >= 0.3 is 0 Å². The predicted octanol–water partition coefficient (Wildman–Crippen LogP) is 2.68. The third-order valence-corrected chi connectivity index (χ3v) is 4.73. The first kappa shape index (κ1) is 19.1. The Morgan fingerprint density at radius 2 is 2.15 bits per heavy atom. The van der Waals surface area contributed by atoms with Crippen LogP contribution in [0.2, 0.25) is 0 Å². The molecule has 0 saturated heterocycles. The number of pyridine rings is 1. The van der Waals surface area contributed by atoms with Crippen LogP contribution in [0.25, 0.3) is 11.0 Å². The topological polar surface area (TPSA) is 118 Å². The highest BCUT2D eigenvalue weighted by atomic mass is 16.1. The Hall–Kier alpha value is -2.64. The number of amides is 1. The smallest absolute Gasteiger partial charge is 0.222 e. The fraction of sp³-hybridized carbons (Fsp3) is 0.579. The lowest BCUT2D eigenvalue weighted by Crippen LogP contribution is -2.46. The van der Waals surface area contributed by atoms with Crippen LogP contribution in [0.3, 0.4) is 0 Å². The number of fused-ring (bicyclic) bond motifs is 1. The first-order valence-corrected chi connectivity index (χ1v) is 9.61. The van der Waals surface area contributed by atoms with E-state index in [1.165, 1.54) is 19.8 Å². The highest BCUT2D eigenvalue weighted by Gasteiger charge is 2.26. The highest BCUT2D eigenvalue weighted by Crippen LogP contribution is 2.29.